The molecule has 9 heteroatoms. The lowest BCUT2D eigenvalue weighted by molar-refractivity contribution is -0.118. The molecule has 0 aliphatic rings. The smallest absolute Gasteiger partial charge is 0.337 e. The second-order valence-corrected chi connectivity index (χ2v) is 6.78. The number of methoxy groups -OCH3 is 2. The maximum Gasteiger partial charge on any atom is 0.337 e. The summed E-state index contributed by atoms with van der Waals surface area (Å²) in [6.07, 6.45) is 0. The van der Waals surface area contributed by atoms with E-state index in [1.165, 1.54) is 7.11 Å². The molecule has 0 radical (unpaired) electrons. The molecule has 1 aromatic heterocycles. The largest absolute Gasteiger partial charge is 0.497 e. The van der Waals surface area contributed by atoms with Crippen molar-refractivity contribution in [3.63, 3.8) is 0 Å². The molecular weight excluding hydrogens is 394 g/mol. The van der Waals surface area contributed by atoms with Crippen molar-refractivity contribution in [1.29, 1.82) is 0 Å². The van der Waals surface area contributed by atoms with Gasteiger partial charge in [-0.25, -0.2) is 4.79 Å². The van der Waals surface area contributed by atoms with E-state index in [9.17, 15) is 9.59 Å². The van der Waals surface area contributed by atoms with Crippen molar-refractivity contribution in [3.8, 4) is 17.2 Å². The Bertz CT molecular complexity index is 971. The maximum absolute atomic E-state index is 12.0. The van der Waals surface area contributed by atoms with Crippen molar-refractivity contribution in [2.75, 3.05) is 20.0 Å². The van der Waals surface area contributed by atoms with Gasteiger partial charge in [0.05, 0.1) is 25.5 Å². The van der Waals surface area contributed by atoms with Crippen LogP contribution >= 0.6 is 11.8 Å². The van der Waals surface area contributed by atoms with Crippen LogP contribution in [0.5, 0.6) is 5.75 Å². The van der Waals surface area contributed by atoms with Crippen molar-refractivity contribution in [3.05, 3.63) is 59.7 Å². The monoisotopic (exact) mass is 413 g/mol. The fraction of sp³-hybridized carbons (Fsp3) is 0.200. The summed E-state index contributed by atoms with van der Waals surface area (Å²) in [7, 11) is 2.93. The van der Waals surface area contributed by atoms with Crippen LogP contribution in [0.1, 0.15) is 15.9 Å². The molecule has 0 saturated carbocycles. The first kappa shape index (κ1) is 20.4. The van der Waals surface area contributed by atoms with E-state index in [1.54, 1.807) is 43.5 Å². The molecular formula is C20H19N3O5S. The van der Waals surface area contributed by atoms with Crippen molar-refractivity contribution < 1.29 is 23.5 Å². The third-order valence-electron chi connectivity index (χ3n) is 3.93. The number of benzene rings is 2. The number of rotatable bonds is 8. The first-order chi connectivity index (χ1) is 14.1. The number of nitrogens with zero attached hydrogens (tertiary/aromatic N) is 2. The average Bonchev–Trinajstić information content (AvgIpc) is 3.25. The molecule has 29 heavy (non-hydrogen) atoms. The molecule has 0 aliphatic heterocycles. The Kier molecular flexibility index (Phi) is 6.85. The SMILES string of the molecule is COC(=O)c1ccc(CNC(=O)CSc2nnc(-c3ccc(OC)cc3)o2)cc1. The average molecular weight is 413 g/mol. The zero-order chi connectivity index (χ0) is 20.6. The second kappa shape index (κ2) is 9.74. The zero-order valence-corrected chi connectivity index (χ0v) is 16.7. The van der Waals surface area contributed by atoms with Crippen LogP contribution in [-0.2, 0) is 16.1 Å². The zero-order valence-electron chi connectivity index (χ0n) is 15.9. The highest BCUT2D eigenvalue weighted by Crippen LogP contribution is 2.24. The third-order valence-corrected chi connectivity index (χ3v) is 4.75. The molecule has 3 aromatic rings. The van der Waals surface area contributed by atoms with Crippen molar-refractivity contribution in [1.82, 2.24) is 15.5 Å². The van der Waals surface area contributed by atoms with Gasteiger partial charge in [0.15, 0.2) is 0 Å². The topological polar surface area (TPSA) is 104 Å². The van der Waals surface area contributed by atoms with Gasteiger partial charge in [0.25, 0.3) is 5.22 Å². The van der Waals surface area contributed by atoms with Gasteiger partial charge < -0.3 is 19.2 Å². The Labute approximate surface area is 171 Å². The van der Waals surface area contributed by atoms with Crippen LogP contribution in [-0.4, -0.2) is 42.0 Å². The Morgan fingerprint density at radius 2 is 1.76 bits per heavy atom. The molecule has 0 bridgehead atoms. The minimum Gasteiger partial charge on any atom is -0.497 e. The van der Waals surface area contributed by atoms with Crippen LogP contribution in [0.4, 0.5) is 0 Å². The van der Waals surface area contributed by atoms with Gasteiger partial charge in [-0.1, -0.05) is 23.9 Å². The molecule has 2 aromatic carbocycles. The molecule has 1 N–H and O–H groups in total. The number of hydrogen-bond acceptors (Lipinski definition) is 8. The van der Waals surface area contributed by atoms with Gasteiger partial charge in [-0.15, -0.1) is 10.2 Å². The lowest BCUT2D eigenvalue weighted by Crippen LogP contribution is -2.24. The van der Waals surface area contributed by atoms with E-state index in [0.717, 1.165) is 28.6 Å². The van der Waals surface area contributed by atoms with Gasteiger partial charge in [-0.05, 0) is 42.0 Å². The van der Waals surface area contributed by atoms with Crippen LogP contribution < -0.4 is 10.1 Å². The number of aromatic nitrogens is 2. The van der Waals surface area contributed by atoms with Crippen LogP contribution in [0.25, 0.3) is 11.5 Å². The lowest BCUT2D eigenvalue weighted by Gasteiger charge is -2.05. The number of amides is 1. The number of ether oxygens (including phenoxy) is 2. The number of thioether (sulfide) groups is 1. The predicted molar refractivity (Wildman–Crippen MR) is 107 cm³/mol. The van der Waals surface area contributed by atoms with Crippen molar-refractivity contribution >= 4 is 23.6 Å². The predicted octanol–water partition coefficient (Wildman–Crippen LogP) is 2.94. The fourth-order valence-electron chi connectivity index (χ4n) is 2.37. The minimum absolute atomic E-state index is 0.143. The Morgan fingerprint density at radius 3 is 2.41 bits per heavy atom. The fourth-order valence-corrected chi connectivity index (χ4v) is 2.97. The summed E-state index contributed by atoms with van der Waals surface area (Å²) in [5, 5.41) is 11.1. The van der Waals surface area contributed by atoms with Crippen LogP contribution in [0.15, 0.2) is 58.2 Å². The van der Waals surface area contributed by atoms with Crippen molar-refractivity contribution in [2.24, 2.45) is 0 Å². The van der Waals surface area contributed by atoms with Gasteiger partial charge >= 0.3 is 5.97 Å². The van der Waals surface area contributed by atoms with Gasteiger partial charge in [0.1, 0.15) is 5.75 Å². The summed E-state index contributed by atoms with van der Waals surface area (Å²) in [6, 6.07) is 14.1. The Hall–Kier alpha value is -3.33. The number of nitrogens with one attached hydrogen (secondary N) is 1. The number of esters is 1. The minimum atomic E-state index is -0.398. The summed E-state index contributed by atoms with van der Waals surface area (Å²) < 4.78 is 15.3. The molecule has 0 fully saturated rings. The Morgan fingerprint density at radius 1 is 1.03 bits per heavy atom. The highest BCUT2D eigenvalue weighted by Gasteiger charge is 2.11. The standard InChI is InChI=1S/C20H19N3O5S/c1-26-16-9-7-14(8-10-16)18-22-23-20(28-18)29-12-17(24)21-11-13-3-5-15(6-4-13)19(25)27-2/h3-10H,11-12H2,1-2H3,(H,21,24). The first-order valence-corrected chi connectivity index (χ1v) is 9.62. The summed E-state index contributed by atoms with van der Waals surface area (Å²) in [6.45, 7) is 0.349. The highest BCUT2D eigenvalue weighted by molar-refractivity contribution is 7.99. The van der Waals surface area contributed by atoms with Crippen molar-refractivity contribution in [2.45, 2.75) is 11.8 Å². The van der Waals surface area contributed by atoms with E-state index in [2.05, 4.69) is 20.3 Å². The van der Waals surface area contributed by atoms with E-state index in [1.807, 2.05) is 12.1 Å². The van der Waals surface area contributed by atoms with Crippen LogP contribution in [0, 0.1) is 0 Å². The molecule has 1 amide bonds. The number of carbonyl (C=O) groups excluding carboxylic acids is 2. The van der Waals surface area contributed by atoms with E-state index < -0.39 is 5.97 Å². The molecule has 0 unspecified atom stereocenters. The highest BCUT2D eigenvalue weighted by atomic mass is 32.2. The van der Waals surface area contributed by atoms with E-state index in [-0.39, 0.29) is 11.7 Å². The van der Waals surface area contributed by atoms with Gasteiger partial charge in [0, 0.05) is 12.1 Å². The van der Waals surface area contributed by atoms with E-state index >= 15 is 0 Å². The van der Waals surface area contributed by atoms with Gasteiger partial charge in [0.2, 0.25) is 11.8 Å². The normalized spacial score (nSPS) is 10.4. The van der Waals surface area contributed by atoms with E-state index in [0.29, 0.717) is 23.2 Å². The molecule has 0 atom stereocenters. The van der Waals surface area contributed by atoms with E-state index in [4.69, 9.17) is 9.15 Å². The summed E-state index contributed by atoms with van der Waals surface area (Å²) in [5.41, 5.74) is 2.10. The first-order valence-electron chi connectivity index (χ1n) is 8.63. The van der Waals surface area contributed by atoms with Gasteiger partial charge in [-0.3, -0.25) is 4.79 Å². The molecule has 8 nitrogen and oxygen atoms in total. The quantitative estimate of drug-likeness (QED) is 0.444. The third kappa shape index (κ3) is 5.58. The molecule has 0 saturated heterocycles. The summed E-state index contributed by atoms with van der Waals surface area (Å²) in [4.78, 5) is 23.5. The molecule has 1 heterocycles. The Balaban J connectivity index is 1.47. The molecule has 150 valence electrons. The van der Waals surface area contributed by atoms with Gasteiger partial charge in [-0.2, -0.15) is 0 Å². The number of carbonyl (C=O) groups is 2. The van der Waals surface area contributed by atoms with Crippen LogP contribution in [0.2, 0.25) is 0 Å². The molecule has 3 rings (SSSR count). The maximum atomic E-state index is 12.0. The number of hydrogen-bond donors (Lipinski definition) is 1. The summed E-state index contributed by atoms with van der Waals surface area (Å²) >= 11 is 1.16. The molecule has 0 spiro atoms. The second-order valence-electron chi connectivity index (χ2n) is 5.86. The summed E-state index contributed by atoms with van der Waals surface area (Å²) in [5.74, 6) is 0.687. The van der Waals surface area contributed by atoms with Crippen LogP contribution in [0.3, 0.4) is 0 Å². The molecule has 0 aliphatic carbocycles. The lowest BCUT2D eigenvalue weighted by atomic mass is 10.1.